The van der Waals surface area contributed by atoms with Crippen LogP contribution in [0.3, 0.4) is 0 Å². The van der Waals surface area contributed by atoms with Gasteiger partial charge in [-0.3, -0.25) is 4.48 Å². The molecule has 1 amide bonds. The molecule has 0 radical (unpaired) electrons. The Morgan fingerprint density at radius 1 is 1.25 bits per heavy atom. The predicted molar refractivity (Wildman–Crippen MR) is 49.7 cm³/mol. The first-order valence-electron chi connectivity index (χ1n) is 5.15. The van der Waals surface area contributed by atoms with Gasteiger partial charge in [0.15, 0.2) is 0 Å². The summed E-state index contributed by atoms with van der Waals surface area (Å²) in [5.41, 5.74) is 0. The number of quaternary nitrogens is 1. The van der Waals surface area contributed by atoms with Crippen molar-refractivity contribution in [2.75, 3.05) is 19.6 Å². The normalized spacial score (nSPS) is 22.1. The van der Waals surface area contributed by atoms with Gasteiger partial charge < -0.3 is 0 Å². The topological polar surface area (TPSA) is 17.1 Å². The molecular formula is C10H20NO+. The maximum absolute atomic E-state index is 11.0. The number of hydrogen-bond acceptors (Lipinski definition) is 1. The molecule has 1 rings (SSSR count). The summed E-state index contributed by atoms with van der Waals surface area (Å²) in [5.74, 6) is 0. The molecule has 1 aliphatic rings. The van der Waals surface area contributed by atoms with Crippen molar-refractivity contribution in [2.45, 2.75) is 39.0 Å². The Morgan fingerprint density at radius 3 is 2.42 bits per heavy atom. The zero-order valence-electron chi connectivity index (χ0n) is 8.09. The van der Waals surface area contributed by atoms with E-state index in [-0.39, 0.29) is 0 Å². The lowest BCUT2D eigenvalue weighted by Crippen LogP contribution is -2.50. The van der Waals surface area contributed by atoms with Crippen LogP contribution in [0.15, 0.2) is 0 Å². The second-order valence-corrected chi connectivity index (χ2v) is 3.91. The third-order valence-corrected chi connectivity index (χ3v) is 2.89. The van der Waals surface area contributed by atoms with Crippen molar-refractivity contribution in [3.05, 3.63) is 0 Å². The molecule has 0 bridgehead atoms. The van der Waals surface area contributed by atoms with E-state index in [4.69, 9.17) is 0 Å². The fourth-order valence-electron chi connectivity index (χ4n) is 2.00. The molecule has 0 spiro atoms. The summed E-state index contributed by atoms with van der Waals surface area (Å²) in [6, 6.07) is 0. The Bertz CT molecular complexity index is 139. The van der Waals surface area contributed by atoms with Gasteiger partial charge in [-0.25, -0.2) is 4.79 Å². The highest BCUT2D eigenvalue weighted by Gasteiger charge is 2.28. The van der Waals surface area contributed by atoms with Crippen LogP contribution in [0.2, 0.25) is 0 Å². The first-order chi connectivity index (χ1) is 5.83. The van der Waals surface area contributed by atoms with Crippen molar-refractivity contribution in [3.8, 4) is 0 Å². The Hall–Kier alpha value is -0.370. The summed E-state index contributed by atoms with van der Waals surface area (Å²) in [6.07, 6.45) is 7.37. The third-order valence-electron chi connectivity index (χ3n) is 2.89. The van der Waals surface area contributed by atoms with Crippen molar-refractivity contribution in [3.63, 3.8) is 0 Å². The number of rotatable bonds is 4. The van der Waals surface area contributed by atoms with Crippen LogP contribution >= 0.6 is 0 Å². The van der Waals surface area contributed by atoms with Crippen LogP contribution in [0, 0.1) is 0 Å². The summed E-state index contributed by atoms with van der Waals surface area (Å²) in [6.45, 7) is 5.43. The molecule has 0 N–H and O–H groups in total. The first kappa shape index (κ1) is 9.72. The molecule has 1 aliphatic heterocycles. The Morgan fingerprint density at radius 2 is 1.92 bits per heavy atom. The molecule has 0 aromatic heterocycles. The summed E-state index contributed by atoms with van der Waals surface area (Å²) in [7, 11) is 0. The monoisotopic (exact) mass is 170 g/mol. The minimum absolute atomic E-state index is 0.744. The predicted octanol–water partition coefficient (Wildman–Crippen LogP) is 1.94. The van der Waals surface area contributed by atoms with E-state index in [1.807, 2.05) is 0 Å². The van der Waals surface area contributed by atoms with Gasteiger partial charge >= 0.3 is 6.41 Å². The minimum atomic E-state index is 0.744. The van der Waals surface area contributed by atoms with Crippen molar-refractivity contribution < 1.29 is 9.28 Å². The van der Waals surface area contributed by atoms with Crippen molar-refractivity contribution in [1.29, 1.82) is 0 Å². The van der Waals surface area contributed by atoms with Gasteiger partial charge in [0.1, 0.15) is 0 Å². The summed E-state index contributed by atoms with van der Waals surface area (Å²) < 4.78 is 0.744. The van der Waals surface area contributed by atoms with E-state index < -0.39 is 0 Å². The summed E-state index contributed by atoms with van der Waals surface area (Å²) in [4.78, 5) is 11.0. The molecule has 0 aromatic rings. The molecule has 0 aliphatic carbocycles. The molecule has 0 unspecified atom stereocenters. The van der Waals surface area contributed by atoms with Crippen LogP contribution in [0.25, 0.3) is 0 Å². The van der Waals surface area contributed by atoms with Gasteiger partial charge in [-0.15, -0.1) is 0 Å². The molecule has 70 valence electrons. The van der Waals surface area contributed by atoms with E-state index >= 15 is 0 Å². The number of carbonyl (C=O) groups is 1. The molecule has 2 heteroatoms. The molecule has 0 atom stereocenters. The molecule has 0 saturated carbocycles. The highest BCUT2D eigenvalue weighted by Crippen LogP contribution is 2.17. The van der Waals surface area contributed by atoms with Gasteiger partial charge in [-0.05, 0) is 25.7 Å². The van der Waals surface area contributed by atoms with E-state index in [9.17, 15) is 4.79 Å². The van der Waals surface area contributed by atoms with Crippen LogP contribution < -0.4 is 0 Å². The van der Waals surface area contributed by atoms with E-state index in [2.05, 4.69) is 6.92 Å². The molecule has 1 saturated heterocycles. The van der Waals surface area contributed by atoms with Crippen LogP contribution in [-0.2, 0) is 4.79 Å². The third kappa shape index (κ3) is 2.31. The van der Waals surface area contributed by atoms with Crippen molar-refractivity contribution >= 4 is 6.41 Å². The van der Waals surface area contributed by atoms with E-state index in [1.54, 1.807) is 0 Å². The van der Waals surface area contributed by atoms with Crippen molar-refractivity contribution in [2.24, 2.45) is 0 Å². The maximum Gasteiger partial charge on any atom is 0.301 e. The molecule has 1 heterocycles. The maximum atomic E-state index is 11.0. The highest BCUT2D eigenvalue weighted by atomic mass is 16.1. The SMILES string of the molecule is CCCC[N+]1(C=O)CCCCC1. The van der Waals surface area contributed by atoms with Gasteiger partial charge in [0, 0.05) is 0 Å². The van der Waals surface area contributed by atoms with Crippen LogP contribution in [0.5, 0.6) is 0 Å². The fourth-order valence-corrected chi connectivity index (χ4v) is 2.00. The Kier molecular flexibility index (Phi) is 3.73. The summed E-state index contributed by atoms with van der Waals surface area (Å²) >= 11 is 0. The smallest absolute Gasteiger partial charge is 0.263 e. The second kappa shape index (κ2) is 4.61. The van der Waals surface area contributed by atoms with Crippen LogP contribution in [-0.4, -0.2) is 30.5 Å². The Labute approximate surface area is 75.1 Å². The number of unbranched alkanes of at least 4 members (excludes halogenated alkanes) is 1. The Balaban J connectivity index is 2.42. The average molecular weight is 170 g/mol. The quantitative estimate of drug-likeness (QED) is 0.465. The second-order valence-electron chi connectivity index (χ2n) is 3.91. The van der Waals surface area contributed by atoms with Gasteiger partial charge in [-0.1, -0.05) is 13.3 Å². The number of nitrogens with zero attached hydrogens (tertiary/aromatic N) is 1. The number of piperidine rings is 1. The van der Waals surface area contributed by atoms with Gasteiger partial charge in [0.2, 0.25) is 0 Å². The van der Waals surface area contributed by atoms with E-state index in [0.717, 1.165) is 24.1 Å². The number of amides is 1. The molecule has 2 nitrogen and oxygen atoms in total. The first-order valence-corrected chi connectivity index (χ1v) is 5.15. The van der Waals surface area contributed by atoms with Gasteiger partial charge in [0.05, 0.1) is 19.6 Å². The fraction of sp³-hybridized carbons (Fsp3) is 0.900. The van der Waals surface area contributed by atoms with Gasteiger partial charge in [0.25, 0.3) is 0 Å². The minimum Gasteiger partial charge on any atom is -0.263 e. The lowest BCUT2D eigenvalue weighted by molar-refractivity contribution is -0.851. The van der Waals surface area contributed by atoms with Crippen LogP contribution in [0.1, 0.15) is 39.0 Å². The average Bonchev–Trinajstić information content (AvgIpc) is 2.16. The zero-order chi connectivity index (χ0) is 8.86. The number of hydrogen-bond donors (Lipinski definition) is 0. The highest BCUT2D eigenvalue weighted by molar-refractivity contribution is 5.37. The van der Waals surface area contributed by atoms with E-state index in [0.29, 0.717) is 0 Å². The molecule has 1 fully saturated rings. The molecule has 0 aromatic carbocycles. The van der Waals surface area contributed by atoms with Crippen LogP contribution in [0.4, 0.5) is 0 Å². The van der Waals surface area contributed by atoms with Gasteiger partial charge in [-0.2, -0.15) is 0 Å². The van der Waals surface area contributed by atoms with E-state index in [1.165, 1.54) is 38.5 Å². The lowest BCUT2D eigenvalue weighted by atomic mass is 10.1. The lowest BCUT2D eigenvalue weighted by Gasteiger charge is -2.35. The number of likely N-dealkylation sites (tertiary alicyclic amines) is 1. The standard InChI is InChI=1S/C10H20NO/c1-2-3-7-11(10-12)8-5-4-6-9-11/h10H,2-9H2,1H3/q+1. The summed E-state index contributed by atoms with van der Waals surface area (Å²) in [5, 5.41) is 0. The molecule has 12 heavy (non-hydrogen) atoms. The zero-order valence-corrected chi connectivity index (χ0v) is 8.09. The number of carbonyl (C=O) groups excluding carboxylic acids is 1. The largest absolute Gasteiger partial charge is 0.301 e. The molecular weight excluding hydrogens is 150 g/mol. The van der Waals surface area contributed by atoms with Crippen molar-refractivity contribution in [1.82, 2.24) is 0 Å².